The van der Waals surface area contributed by atoms with Crippen molar-refractivity contribution in [1.29, 1.82) is 0 Å². The highest BCUT2D eigenvalue weighted by Gasteiger charge is 2.40. The second kappa shape index (κ2) is 8.88. The quantitative estimate of drug-likeness (QED) is 0.577. The Balaban J connectivity index is 1.87. The molecule has 2 rings (SSSR count). The lowest BCUT2D eigenvalue weighted by molar-refractivity contribution is -0.157. The number of carbonyl (C=O) groups is 3. The van der Waals surface area contributed by atoms with Crippen molar-refractivity contribution in [2.75, 3.05) is 25.0 Å². The third-order valence-corrected chi connectivity index (χ3v) is 4.07. The summed E-state index contributed by atoms with van der Waals surface area (Å²) in [4.78, 5) is 35.3. The van der Waals surface area contributed by atoms with Crippen LogP contribution in [-0.4, -0.2) is 48.6 Å². The minimum Gasteiger partial charge on any atom is -0.466 e. The van der Waals surface area contributed by atoms with Gasteiger partial charge in [0.25, 0.3) is 0 Å². The molecule has 0 aromatic heterocycles. The molecule has 1 heterocycles. The van der Waals surface area contributed by atoms with E-state index in [0.29, 0.717) is 30.0 Å². The maximum absolute atomic E-state index is 12.4. The van der Waals surface area contributed by atoms with Crippen LogP contribution in [0.25, 0.3) is 0 Å². The highest BCUT2D eigenvalue weighted by atomic mass is 19.4. The summed E-state index contributed by atoms with van der Waals surface area (Å²) < 4.78 is 42.2. The van der Waals surface area contributed by atoms with E-state index in [1.54, 1.807) is 18.2 Å². The van der Waals surface area contributed by atoms with E-state index in [1.807, 2.05) is 6.07 Å². The summed E-state index contributed by atoms with van der Waals surface area (Å²) in [6.07, 6.45) is -3.45. The fraction of sp³-hybridized carbons (Fsp3) is 0.500. The lowest BCUT2D eigenvalue weighted by Gasteiger charge is -2.18. The smallest absolute Gasteiger partial charge is 0.406 e. The molecule has 0 saturated carbocycles. The first-order chi connectivity index (χ1) is 12.6. The summed E-state index contributed by atoms with van der Waals surface area (Å²) in [5.74, 6) is -2.31. The minimum absolute atomic E-state index is 0.232. The molecule has 0 radical (unpaired) electrons. The van der Waals surface area contributed by atoms with Crippen molar-refractivity contribution in [1.82, 2.24) is 4.90 Å². The Morgan fingerprint density at radius 1 is 1.33 bits per heavy atom. The average molecular weight is 386 g/mol. The molecule has 0 bridgehead atoms. The molecule has 1 fully saturated rings. The molecule has 1 aliphatic rings. The van der Waals surface area contributed by atoms with Gasteiger partial charge in [-0.1, -0.05) is 12.1 Å². The second-order valence-corrected chi connectivity index (χ2v) is 6.42. The monoisotopic (exact) mass is 386 g/mol. The summed E-state index contributed by atoms with van der Waals surface area (Å²) in [6, 6.07) is 7.01. The van der Waals surface area contributed by atoms with Crippen molar-refractivity contribution in [3.05, 3.63) is 29.8 Å². The molecule has 0 unspecified atom stereocenters. The first kappa shape index (κ1) is 20.7. The maximum atomic E-state index is 12.4. The number of ether oxygens (including phenoxy) is 1. The van der Waals surface area contributed by atoms with Gasteiger partial charge < -0.3 is 15.0 Å². The SMILES string of the molecule is CC(=O)OCCCc1cccc(NC(=O)[C@H]2CC(=O)N(CC(F)(F)F)C2)c1. The van der Waals surface area contributed by atoms with Gasteiger partial charge in [-0.15, -0.1) is 0 Å². The molecule has 0 spiro atoms. The number of hydrogen-bond acceptors (Lipinski definition) is 4. The minimum atomic E-state index is -4.48. The summed E-state index contributed by atoms with van der Waals surface area (Å²) in [6.45, 7) is 0.0462. The van der Waals surface area contributed by atoms with E-state index >= 15 is 0 Å². The summed E-state index contributed by atoms with van der Waals surface area (Å²) in [7, 11) is 0. The Morgan fingerprint density at radius 2 is 2.07 bits per heavy atom. The van der Waals surface area contributed by atoms with E-state index in [4.69, 9.17) is 4.74 Å². The maximum Gasteiger partial charge on any atom is 0.406 e. The van der Waals surface area contributed by atoms with Crippen molar-refractivity contribution in [3.8, 4) is 0 Å². The Kier molecular flexibility index (Phi) is 6.81. The molecule has 27 heavy (non-hydrogen) atoms. The molecule has 148 valence electrons. The number of hydrogen-bond donors (Lipinski definition) is 1. The van der Waals surface area contributed by atoms with Gasteiger partial charge in [0.15, 0.2) is 0 Å². The predicted molar refractivity (Wildman–Crippen MR) is 90.8 cm³/mol. The number of halogens is 3. The molecule has 1 atom stereocenters. The molecule has 1 aromatic rings. The van der Waals surface area contributed by atoms with Crippen LogP contribution in [0.5, 0.6) is 0 Å². The lowest BCUT2D eigenvalue weighted by Crippen LogP contribution is -2.36. The Labute approximate surface area is 154 Å². The van der Waals surface area contributed by atoms with Gasteiger partial charge in [0.05, 0.1) is 12.5 Å². The highest BCUT2D eigenvalue weighted by molar-refractivity contribution is 5.97. The van der Waals surface area contributed by atoms with Crippen LogP contribution in [-0.2, 0) is 25.5 Å². The van der Waals surface area contributed by atoms with E-state index in [0.717, 1.165) is 5.56 Å². The first-order valence-electron chi connectivity index (χ1n) is 8.52. The van der Waals surface area contributed by atoms with E-state index < -0.39 is 30.5 Å². The van der Waals surface area contributed by atoms with Gasteiger partial charge in [-0.25, -0.2) is 0 Å². The number of benzene rings is 1. The van der Waals surface area contributed by atoms with Crippen LogP contribution in [0.1, 0.15) is 25.3 Å². The van der Waals surface area contributed by atoms with Crippen molar-refractivity contribution in [2.24, 2.45) is 5.92 Å². The normalized spacial score (nSPS) is 17.1. The van der Waals surface area contributed by atoms with Gasteiger partial charge in [0, 0.05) is 25.6 Å². The Morgan fingerprint density at radius 3 is 2.74 bits per heavy atom. The van der Waals surface area contributed by atoms with Crippen molar-refractivity contribution in [2.45, 2.75) is 32.4 Å². The summed E-state index contributed by atoms with van der Waals surface area (Å²) in [5.41, 5.74) is 1.42. The summed E-state index contributed by atoms with van der Waals surface area (Å²) in [5, 5.41) is 2.65. The standard InChI is InChI=1S/C18H21F3N2O4/c1-12(24)27-7-3-5-13-4-2-6-15(8-13)22-17(26)14-9-16(25)23(10-14)11-18(19,20)21/h2,4,6,8,14H,3,5,7,9-11H2,1H3,(H,22,26)/t14-/m0/s1. The zero-order valence-corrected chi connectivity index (χ0v) is 14.8. The number of amides is 2. The number of carbonyl (C=O) groups excluding carboxylic acids is 3. The molecule has 1 N–H and O–H groups in total. The summed E-state index contributed by atoms with van der Waals surface area (Å²) >= 11 is 0. The number of nitrogens with zero attached hydrogens (tertiary/aromatic N) is 1. The van der Waals surface area contributed by atoms with Crippen molar-refractivity contribution >= 4 is 23.5 Å². The molecule has 9 heteroatoms. The van der Waals surface area contributed by atoms with Gasteiger partial charge in [-0.2, -0.15) is 13.2 Å². The molecule has 0 aliphatic carbocycles. The number of alkyl halides is 3. The van der Waals surface area contributed by atoms with Crippen LogP contribution >= 0.6 is 0 Å². The van der Waals surface area contributed by atoms with Crippen LogP contribution in [0, 0.1) is 5.92 Å². The topological polar surface area (TPSA) is 75.7 Å². The van der Waals surface area contributed by atoms with Crippen LogP contribution in [0.2, 0.25) is 0 Å². The van der Waals surface area contributed by atoms with E-state index in [9.17, 15) is 27.6 Å². The Hall–Kier alpha value is -2.58. The van der Waals surface area contributed by atoms with E-state index in [1.165, 1.54) is 6.92 Å². The van der Waals surface area contributed by atoms with Crippen molar-refractivity contribution in [3.63, 3.8) is 0 Å². The molecule has 2 amide bonds. The van der Waals surface area contributed by atoms with Gasteiger partial charge in [0.1, 0.15) is 6.54 Å². The predicted octanol–water partition coefficient (Wildman–Crippen LogP) is 2.53. The molecule has 1 aromatic carbocycles. The van der Waals surface area contributed by atoms with Gasteiger partial charge in [-0.05, 0) is 30.5 Å². The van der Waals surface area contributed by atoms with Crippen LogP contribution in [0.3, 0.4) is 0 Å². The second-order valence-electron chi connectivity index (χ2n) is 6.42. The van der Waals surface area contributed by atoms with Gasteiger partial charge >= 0.3 is 12.1 Å². The number of esters is 1. The van der Waals surface area contributed by atoms with Crippen LogP contribution < -0.4 is 5.32 Å². The van der Waals surface area contributed by atoms with Crippen molar-refractivity contribution < 1.29 is 32.3 Å². The number of likely N-dealkylation sites (tertiary alicyclic amines) is 1. The van der Waals surface area contributed by atoms with E-state index in [2.05, 4.69) is 5.32 Å². The zero-order chi connectivity index (χ0) is 20.0. The van der Waals surface area contributed by atoms with Gasteiger partial charge in [-0.3, -0.25) is 14.4 Å². The number of rotatable bonds is 7. The van der Waals surface area contributed by atoms with Crippen LogP contribution in [0.4, 0.5) is 18.9 Å². The number of aryl methyl sites for hydroxylation is 1. The first-order valence-corrected chi connectivity index (χ1v) is 8.52. The fourth-order valence-electron chi connectivity index (χ4n) is 2.86. The molecular weight excluding hydrogens is 365 g/mol. The third-order valence-electron chi connectivity index (χ3n) is 4.07. The molecule has 6 nitrogen and oxygen atoms in total. The number of nitrogens with one attached hydrogen (secondary N) is 1. The van der Waals surface area contributed by atoms with Gasteiger partial charge in [0.2, 0.25) is 11.8 Å². The Bertz CT molecular complexity index is 706. The zero-order valence-electron chi connectivity index (χ0n) is 14.8. The lowest BCUT2D eigenvalue weighted by atomic mass is 10.1. The molecule has 1 saturated heterocycles. The average Bonchev–Trinajstić information content (AvgIpc) is 2.91. The fourth-order valence-corrected chi connectivity index (χ4v) is 2.86. The van der Waals surface area contributed by atoms with E-state index in [-0.39, 0.29) is 18.9 Å². The number of anilines is 1. The molecule has 1 aliphatic heterocycles. The van der Waals surface area contributed by atoms with Crippen LogP contribution in [0.15, 0.2) is 24.3 Å². The highest BCUT2D eigenvalue weighted by Crippen LogP contribution is 2.25. The largest absolute Gasteiger partial charge is 0.466 e. The molecular formula is C18H21F3N2O4. The third kappa shape index (κ3) is 6.92.